The largest absolute Gasteiger partial charge is 0.496 e. The molecule has 2 N–H and O–H groups in total. The van der Waals surface area contributed by atoms with E-state index < -0.39 is 15.8 Å². The van der Waals surface area contributed by atoms with Gasteiger partial charge >= 0.3 is 0 Å². The molecule has 2 aromatic carbocycles. The highest BCUT2D eigenvalue weighted by Gasteiger charge is 2.26. The van der Waals surface area contributed by atoms with E-state index >= 15 is 0 Å². The number of methoxy groups -OCH3 is 4. The number of hydrogen-bond acceptors (Lipinski definition) is 8. The minimum absolute atomic E-state index is 0.0913. The van der Waals surface area contributed by atoms with Crippen LogP contribution in [0.3, 0.4) is 0 Å². The summed E-state index contributed by atoms with van der Waals surface area (Å²) >= 11 is 0. The minimum atomic E-state index is -3.85. The summed E-state index contributed by atoms with van der Waals surface area (Å²) in [7, 11) is 1.82. The van der Waals surface area contributed by atoms with Crippen molar-refractivity contribution in [3.8, 4) is 23.0 Å². The van der Waals surface area contributed by atoms with Crippen LogP contribution in [0.15, 0.2) is 53.7 Å². The second kappa shape index (κ2) is 9.60. The van der Waals surface area contributed by atoms with Crippen LogP contribution in [0.4, 0.5) is 0 Å². The van der Waals surface area contributed by atoms with Crippen molar-refractivity contribution in [2.45, 2.75) is 11.4 Å². The first-order chi connectivity index (χ1) is 15.3. The van der Waals surface area contributed by atoms with Gasteiger partial charge in [-0.15, -0.1) is 0 Å². The number of hydrogen-bond donors (Lipinski definition) is 2. The number of carbonyl (C=O) groups is 1. The summed E-state index contributed by atoms with van der Waals surface area (Å²) in [6.07, 6.45) is 3.48. The number of aromatic nitrogens is 2. The van der Waals surface area contributed by atoms with Crippen molar-refractivity contribution < 1.29 is 28.0 Å². The minimum Gasteiger partial charge on any atom is -0.496 e. The van der Waals surface area contributed by atoms with E-state index in [1.54, 1.807) is 29.1 Å². The number of carbonyl (C=O) groups excluding carboxylic acids is 1. The summed E-state index contributed by atoms with van der Waals surface area (Å²) in [5.74, 6) is 0.321. The summed E-state index contributed by atoms with van der Waals surface area (Å²) in [6.45, 7) is 0.452. The van der Waals surface area contributed by atoms with E-state index in [2.05, 4.69) is 9.82 Å². The quantitative estimate of drug-likeness (QED) is 0.503. The number of nitrogens with one attached hydrogen (secondary N) is 2. The van der Waals surface area contributed by atoms with Crippen molar-refractivity contribution in [1.82, 2.24) is 14.5 Å². The summed E-state index contributed by atoms with van der Waals surface area (Å²) < 4.78 is 46.7. The van der Waals surface area contributed by atoms with E-state index in [-0.39, 0.29) is 22.0 Å². The molecule has 10 nitrogen and oxygen atoms in total. The van der Waals surface area contributed by atoms with Crippen molar-refractivity contribution in [3.63, 3.8) is 0 Å². The third-order valence-corrected chi connectivity index (χ3v) is 6.08. The van der Waals surface area contributed by atoms with E-state index in [1.165, 1.54) is 46.6 Å². The molecule has 0 aliphatic rings. The molecular weight excluding hydrogens is 436 g/mol. The van der Waals surface area contributed by atoms with Gasteiger partial charge in [-0.2, -0.15) is 5.10 Å². The Kier molecular flexibility index (Phi) is 6.89. The molecule has 0 fully saturated rings. The maximum absolute atomic E-state index is 13.3. The maximum atomic E-state index is 13.3. The molecule has 0 saturated carbocycles. The fourth-order valence-electron chi connectivity index (χ4n) is 3.08. The van der Waals surface area contributed by atoms with E-state index in [0.29, 0.717) is 18.0 Å². The highest BCUT2D eigenvalue weighted by atomic mass is 32.2. The second-order valence-electron chi connectivity index (χ2n) is 6.58. The van der Waals surface area contributed by atoms with Crippen LogP contribution < -0.4 is 23.7 Å². The van der Waals surface area contributed by atoms with Crippen molar-refractivity contribution in [1.29, 1.82) is 4.78 Å². The van der Waals surface area contributed by atoms with E-state index in [1.807, 2.05) is 6.20 Å². The van der Waals surface area contributed by atoms with Crippen LogP contribution in [-0.2, 0) is 16.5 Å². The maximum Gasteiger partial charge on any atom is 0.263 e. The highest BCUT2D eigenvalue weighted by Crippen LogP contribution is 2.37. The molecule has 1 atom stereocenters. The molecule has 0 bridgehead atoms. The van der Waals surface area contributed by atoms with Crippen LogP contribution >= 0.6 is 0 Å². The van der Waals surface area contributed by atoms with Crippen LogP contribution in [0, 0.1) is 4.78 Å². The Morgan fingerprint density at radius 1 is 1.03 bits per heavy atom. The van der Waals surface area contributed by atoms with Crippen LogP contribution in [0.1, 0.15) is 15.9 Å². The fourth-order valence-corrected chi connectivity index (χ4v) is 4.41. The standard InChI is InChI=1S/C21H24N4O6S/c1-28-16-11-18(30-3)20(19(12-16)31-4)32(22,27)24-21(26)14-6-7-15(17(10-14)29-2)13-25-9-5-8-23-25/h5-12H,13H2,1-4H3,(H2,22,24,26,27)/t32-/m1/s1. The lowest BCUT2D eigenvalue weighted by Crippen LogP contribution is -2.30. The molecule has 0 aliphatic carbocycles. The van der Waals surface area contributed by atoms with Crippen molar-refractivity contribution >= 4 is 15.8 Å². The Bertz CT molecular complexity index is 1180. The second-order valence-corrected chi connectivity index (χ2v) is 8.30. The summed E-state index contributed by atoms with van der Waals surface area (Å²) in [6, 6.07) is 9.54. The van der Waals surface area contributed by atoms with Gasteiger partial charge in [0.05, 0.1) is 35.0 Å². The molecule has 0 radical (unpaired) electrons. The van der Waals surface area contributed by atoms with Gasteiger partial charge in [0.25, 0.3) is 5.91 Å². The third kappa shape index (κ3) is 4.78. The SMILES string of the molecule is COc1cc(OC)c([S@](=N)(=O)NC(=O)c2ccc(Cn3cccn3)c(OC)c2)c(OC)c1. The Morgan fingerprint density at radius 3 is 2.22 bits per heavy atom. The lowest BCUT2D eigenvalue weighted by atomic mass is 10.1. The first kappa shape index (κ1) is 22.9. The predicted molar refractivity (Wildman–Crippen MR) is 117 cm³/mol. The Morgan fingerprint density at radius 2 is 1.69 bits per heavy atom. The molecule has 0 aliphatic heterocycles. The van der Waals surface area contributed by atoms with Gasteiger partial charge in [-0.05, 0) is 18.2 Å². The van der Waals surface area contributed by atoms with Gasteiger partial charge < -0.3 is 18.9 Å². The summed E-state index contributed by atoms with van der Waals surface area (Å²) in [5, 5.41) is 4.16. The zero-order valence-electron chi connectivity index (χ0n) is 18.1. The van der Waals surface area contributed by atoms with Gasteiger partial charge in [-0.1, -0.05) is 6.07 Å². The van der Waals surface area contributed by atoms with Crippen molar-refractivity contribution in [3.05, 3.63) is 59.9 Å². The molecule has 1 aromatic heterocycles. The topological polar surface area (TPSA) is 125 Å². The van der Waals surface area contributed by atoms with E-state index in [0.717, 1.165) is 5.56 Å². The Balaban J connectivity index is 1.91. The van der Waals surface area contributed by atoms with Gasteiger partial charge in [0.15, 0.2) is 14.8 Å². The van der Waals surface area contributed by atoms with Gasteiger partial charge in [-0.25, -0.2) is 8.99 Å². The zero-order valence-corrected chi connectivity index (χ0v) is 18.9. The van der Waals surface area contributed by atoms with Gasteiger partial charge in [0.2, 0.25) is 0 Å². The summed E-state index contributed by atoms with van der Waals surface area (Å²) in [4.78, 5) is 12.8. The van der Waals surface area contributed by atoms with E-state index in [4.69, 9.17) is 23.7 Å². The first-order valence-electron chi connectivity index (χ1n) is 9.38. The molecule has 0 saturated heterocycles. The zero-order chi connectivity index (χ0) is 23.3. The molecule has 1 heterocycles. The van der Waals surface area contributed by atoms with Gasteiger partial charge in [-0.3, -0.25) is 14.2 Å². The highest BCUT2D eigenvalue weighted by molar-refractivity contribution is 7.91. The van der Waals surface area contributed by atoms with Crippen LogP contribution in [0.25, 0.3) is 0 Å². The summed E-state index contributed by atoms with van der Waals surface area (Å²) in [5.41, 5.74) is 0.982. The molecule has 32 heavy (non-hydrogen) atoms. The normalized spacial score (nSPS) is 12.5. The van der Waals surface area contributed by atoms with Crippen LogP contribution in [-0.4, -0.2) is 48.3 Å². The Hall–Kier alpha value is -3.73. The van der Waals surface area contributed by atoms with Gasteiger partial charge in [0, 0.05) is 35.7 Å². The number of nitrogens with zero attached hydrogens (tertiary/aromatic N) is 2. The molecule has 0 spiro atoms. The molecular formula is C21H24N4O6S. The van der Waals surface area contributed by atoms with Crippen LogP contribution in [0.5, 0.6) is 23.0 Å². The van der Waals surface area contributed by atoms with Crippen molar-refractivity contribution in [2.24, 2.45) is 0 Å². The van der Waals surface area contributed by atoms with Gasteiger partial charge in [0.1, 0.15) is 23.0 Å². The molecule has 11 heteroatoms. The number of amides is 1. The molecule has 3 aromatic rings. The molecule has 170 valence electrons. The predicted octanol–water partition coefficient (Wildman–Crippen LogP) is 2.72. The number of benzene rings is 2. The molecule has 0 unspecified atom stereocenters. The van der Waals surface area contributed by atoms with Crippen LogP contribution in [0.2, 0.25) is 0 Å². The van der Waals surface area contributed by atoms with Crippen molar-refractivity contribution in [2.75, 3.05) is 28.4 Å². The third-order valence-electron chi connectivity index (χ3n) is 4.63. The number of ether oxygens (including phenoxy) is 4. The Labute approximate surface area is 186 Å². The number of rotatable bonds is 9. The average Bonchev–Trinajstić information content (AvgIpc) is 3.30. The molecule has 3 rings (SSSR count). The average molecular weight is 461 g/mol. The lowest BCUT2D eigenvalue weighted by molar-refractivity contribution is 0.0982. The fraction of sp³-hybridized carbons (Fsp3) is 0.238. The monoisotopic (exact) mass is 460 g/mol. The first-order valence-corrected chi connectivity index (χ1v) is 10.9. The van der Waals surface area contributed by atoms with E-state index in [9.17, 15) is 9.00 Å². The molecule has 1 amide bonds. The lowest BCUT2D eigenvalue weighted by Gasteiger charge is -2.18. The smallest absolute Gasteiger partial charge is 0.263 e.